The van der Waals surface area contributed by atoms with Crippen LogP contribution in [0.15, 0.2) is 18.3 Å². The normalized spacial score (nSPS) is 16.8. The number of anilines is 4. The largest absolute Gasteiger partial charge is 0.369 e. The molecule has 2 aliphatic heterocycles. The standard InChI is InChI=1S/C19H24ClN7O/c1-21-19-23-11-13(20)17(25-19)24-14-3-4-15(27-9-6-22-7-10-27)12-5-8-26(2)18(28)16(12)14/h3-4,11,22H,5-10H2,1-2H3,(H2,21,23,24,25). The zero-order valence-electron chi connectivity index (χ0n) is 16.0. The Morgan fingerprint density at radius 3 is 2.75 bits per heavy atom. The highest BCUT2D eigenvalue weighted by Crippen LogP contribution is 2.36. The number of aromatic nitrogens is 2. The third-order valence-corrected chi connectivity index (χ3v) is 5.50. The molecule has 4 rings (SSSR count). The Hall–Kier alpha value is -2.58. The molecule has 2 aliphatic rings. The first kappa shape index (κ1) is 18.8. The molecule has 0 spiro atoms. The number of benzene rings is 1. The topological polar surface area (TPSA) is 85.4 Å². The summed E-state index contributed by atoms with van der Waals surface area (Å²) in [6.45, 7) is 4.49. The van der Waals surface area contributed by atoms with Gasteiger partial charge in [0.25, 0.3) is 5.91 Å². The molecule has 2 aromatic rings. The predicted octanol–water partition coefficient (Wildman–Crippen LogP) is 1.95. The first-order chi connectivity index (χ1) is 13.6. The summed E-state index contributed by atoms with van der Waals surface area (Å²) in [5, 5.41) is 9.93. The van der Waals surface area contributed by atoms with E-state index in [1.54, 1.807) is 11.9 Å². The third-order valence-electron chi connectivity index (χ3n) is 5.22. The molecule has 148 valence electrons. The predicted molar refractivity (Wildman–Crippen MR) is 112 cm³/mol. The van der Waals surface area contributed by atoms with Crippen LogP contribution in [0.1, 0.15) is 15.9 Å². The number of hydrogen-bond donors (Lipinski definition) is 3. The highest BCUT2D eigenvalue weighted by Gasteiger charge is 2.29. The van der Waals surface area contributed by atoms with Crippen LogP contribution in [0.4, 0.5) is 23.1 Å². The molecule has 1 amide bonds. The number of carbonyl (C=O) groups excluding carboxylic acids is 1. The number of hydrogen-bond acceptors (Lipinski definition) is 7. The van der Waals surface area contributed by atoms with Crippen molar-refractivity contribution in [3.63, 3.8) is 0 Å². The van der Waals surface area contributed by atoms with Gasteiger partial charge in [0.2, 0.25) is 5.95 Å². The molecule has 0 bridgehead atoms. The van der Waals surface area contributed by atoms with Gasteiger partial charge in [0.05, 0.1) is 17.4 Å². The molecule has 0 saturated carbocycles. The van der Waals surface area contributed by atoms with E-state index in [0.29, 0.717) is 34.6 Å². The SMILES string of the molecule is CNc1ncc(Cl)c(Nc2ccc(N3CCNCC3)c3c2C(=O)N(C)CC3)n1. The van der Waals surface area contributed by atoms with Crippen molar-refractivity contribution in [2.45, 2.75) is 6.42 Å². The van der Waals surface area contributed by atoms with Crippen LogP contribution in [0.5, 0.6) is 0 Å². The quantitative estimate of drug-likeness (QED) is 0.722. The third kappa shape index (κ3) is 3.45. The Balaban J connectivity index is 1.77. The number of nitrogens with one attached hydrogen (secondary N) is 3. The second-order valence-electron chi connectivity index (χ2n) is 6.96. The fraction of sp³-hybridized carbons (Fsp3) is 0.421. The van der Waals surface area contributed by atoms with Crippen molar-refractivity contribution in [2.24, 2.45) is 0 Å². The van der Waals surface area contributed by atoms with Crippen LogP contribution < -0.4 is 20.9 Å². The van der Waals surface area contributed by atoms with Crippen molar-refractivity contribution in [2.75, 3.05) is 62.4 Å². The number of halogens is 1. The van der Waals surface area contributed by atoms with Gasteiger partial charge >= 0.3 is 0 Å². The van der Waals surface area contributed by atoms with E-state index in [2.05, 4.69) is 36.9 Å². The van der Waals surface area contributed by atoms with Crippen LogP contribution in [0, 0.1) is 0 Å². The molecular formula is C19H24ClN7O. The summed E-state index contributed by atoms with van der Waals surface area (Å²) in [6.07, 6.45) is 2.36. The highest BCUT2D eigenvalue weighted by molar-refractivity contribution is 6.33. The lowest BCUT2D eigenvalue weighted by Crippen LogP contribution is -2.44. The number of amides is 1. The number of rotatable bonds is 4. The molecule has 1 aromatic carbocycles. The molecule has 8 nitrogen and oxygen atoms in total. The molecule has 28 heavy (non-hydrogen) atoms. The Morgan fingerprint density at radius 1 is 1.21 bits per heavy atom. The van der Waals surface area contributed by atoms with Gasteiger partial charge in [0.15, 0.2) is 5.82 Å². The second-order valence-corrected chi connectivity index (χ2v) is 7.37. The molecule has 3 N–H and O–H groups in total. The number of likely N-dealkylation sites (N-methyl/N-ethyl adjacent to an activating group) is 1. The van der Waals surface area contributed by atoms with Crippen molar-refractivity contribution in [1.29, 1.82) is 0 Å². The maximum Gasteiger partial charge on any atom is 0.256 e. The summed E-state index contributed by atoms with van der Waals surface area (Å²) in [5.41, 5.74) is 3.65. The summed E-state index contributed by atoms with van der Waals surface area (Å²) >= 11 is 6.28. The van der Waals surface area contributed by atoms with E-state index in [1.165, 1.54) is 6.20 Å². The van der Waals surface area contributed by atoms with Gasteiger partial charge in [-0.15, -0.1) is 0 Å². The highest BCUT2D eigenvalue weighted by atomic mass is 35.5. The van der Waals surface area contributed by atoms with E-state index >= 15 is 0 Å². The lowest BCUT2D eigenvalue weighted by atomic mass is 9.94. The van der Waals surface area contributed by atoms with Gasteiger partial charge in [-0.1, -0.05) is 11.6 Å². The molecule has 1 fully saturated rings. The van der Waals surface area contributed by atoms with Gasteiger partial charge in [-0.05, 0) is 24.1 Å². The van der Waals surface area contributed by atoms with Crippen LogP contribution >= 0.6 is 11.6 Å². The summed E-state index contributed by atoms with van der Waals surface area (Å²) in [7, 11) is 3.58. The number of piperazine rings is 1. The Kier molecular flexibility index (Phi) is 5.23. The lowest BCUT2D eigenvalue weighted by molar-refractivity contribution is 0.0782. The van der Waals surface area contributed by atoms with Crippen molar-refractivity contribution in [3.05, 3.63) is 34.5 Å². The summed E-state index contributed by atoms with van der Waals surface area (Å²) < 4.78 is 0. The van der Waals surface area contributed by atoms with E-state index in [4.69, 9.17) is 11.6 Å². The average Bonchev–Trinajstić information content (AvgIpc) is 2.73. The number of nitrogens with zero attached hydrogens (tertiary/aromatic N) is 4. The summed E-state index contributed by atoms with van der Waals surface area (Å²) in [4.78, 5) is 25.7. The molecule has 0 unspecified atom stereocenters. The van der Waals surface area contributed by atoms with Crippen molar-refractivity contribution in [3.8, 4) is 0 Å². The first-order valence-corrected chi connectivity index (χ1v) is 9.80. The van der Waals surface area contributed by atoms with E-state index in [9.17, 15) is 4.79 Å². The summed E-state index contributed by atoms with van der Waals surface area (Å²) in [5.74, 6) is 0.945. The molecule has 0 aliphatic carbocycles. The molecule has 0 atom stereocenters. The van der Waals surface area contributed by atoms with E-state index in [0.717, 1.165) is 43.9 Å². The zero-order valence-corrected chi connectivity index (χ0v) is 16.8. The maximum atomic E-state index is 13.0. The van der Waals surface area contributed by atoms with Crippen molar-refractivity contribution < 1.29 is 4.79 Å². The lowest BCUT2D eigenvalue weighted by Gasteiger charge is -2.35. The van der Waals surface area contributed by atoms with E-state index in [1.807, 2.05) is 13.1 Å². The minimum atomic E-state index is 0.0137. The minimum Gasteiger partial charge on any atom is -0.369 e. The minimum absolute atomic E-state index is 0.0137. The molecular weight excluding hydrogens is 378 g/mol. The van der Waals surface area contributed by atoms with E-state index < -0.39 is 0 Å². The van der Waals surface area contributed by atoms with Gasteiger partial charge < -0.3 is 25.8 Å². The monoisotopic (exact) mass is 401 g/mol. The van der Waals surface area contributed by atoms with Crippen LogP contribution in [-0.2, 0) is 6.42 Å². The first-order valence-electron chi connectivity index (χ1n) is 9.43. The number of carbonyl (C=O) groups is 1. The molecule has 1 saturated heterocycles. The van der Waals surface area contributed by atoms with Gasteiger partial charge in [-0.25, -0.2) is 4.98 Å². The molecule has 1 aromatic heterocycles. The maximum absolute atomic E-state index is 13.0. The molecule has 0 radical (unpaired) electrons. The van der Waals surface area contributed by atoms with Gasteiger partial charge in [0, 0.05) is 52.5 Å². The Bertz CT molecular complexity index is 898. The fourth-order valence-electron chi connectivity index (χ4n) is 3.72. The Labute approximate surface area is 169 Å². The smallest absolute Gasteiger partial charge is 0.256 e. The van der Waals surface area contributed by atoms with Crippen molar-refractivity contribution in [1.82, 2.24) is 20.2 Å². The second kappa shape index (κ2) is 7.81. The van der Waals surface area contributed by atoms with E-state index in [-0.39, 0.29) is 5.91 Å². The Morgan fingerprint density at radius 2 is 2.00 bits per heavy atom. The van der Waals surface area contributed by atoms with Crippen LogP contribution in [0.25, 0.3) is 0 Å². The van der Waals surface area contributed by atoms with Gasteiger partial charge in [-0.3, -0.25) is 4.79 Å². The zero-order chi connectivity index (χ0) is 19.7. The fourth-order valence-corrected chi connectivity index (χ4v) is 3.85. The van der Waals surface area contributed by atoms with Crippen LogP contribution in [0.3, 0.4) is 0 Å². The van der Waals surface area contributed by atoms with Gasteiger partial charge in [0.1, 0.15) is 5.02 Å². The summed E-state index contributed by atoms with van der Waals surface area (Å²) in [6, 6.07) is 4.05. The molecule has 3 heterocycles. The average molecular weight is 402 g/mol. The number of fused-ring (bicyclic) bond motifs is 1. The van der Waals surface area contributed by atoms with Crippen LogP contribution in [0.2, 0.25) is 5.02 Å². The molecule has 9 heteroatoms. The van der Waals surface area contributed by atoms with Gasteiger partial charge in [-0.2, -0.15) is 4.98 Å². The van der Waals surface area contributed by atoms with Crippen molar-refractivity contribution >= 4 is 40.6 Å². The van der Waals surface area contributed by atoms with Crippen LogP contribution in [-0.4, -0.2) is 67.6 Å².